The lowest BCUT2D eigenvalue weighted by Crippen LogP contribution is -1.75. The molecule has 6 rings (SSSR count). The number of hydrogen-bond acceptors (Lipinski definition) is 2. The van der Waals surface area contributed by atoms with Crippen molar-refractivity contribution in [3.63, 3.8) is 0 Å². The predicted molar refractivity (Wildman–Crippen MR) is 116 cm³/mol. The van der Waals surface area contributed by atoms with Crippen molar-refractivity contribution in [2.75, 3.05) is 0 Å². The highest BCUT2D eigenvalue weighted by atomic mass is 14.8. The van der Waals surface area contributed by atoms with Crippen LogP contribution in [0.25, 0.3) is 57.1 Å². The minimum Gasteiger partial charge on any atom is -0.355 e. The average molecular weight is 360 g/mol. The molecule has 0 unspecified atom stereocenters. The summed E-state index contributed by atoms with van der Waals surface area (Å²) in [5.41, 5.74) is 7.89. The topological polar surface area (TPSA) is 57.4 Å². The molecule has 0 amide bonds. The van der Waals surface area contributed by atoms with Gasteiger partial charge in [-0.05, 0) is 60.7 Å². The van der Waals surface area contributed by atoms with Crippen molar-refractivity contribution in [3.05, 3.63) is 83.4 Å². The third kappa shape index (κ3) is 2.55. The van der Waals surface area contributed by atoms with Crippen molar-refractivity contribution in [2.24, 2.45) is 0 Å². The average Bonchev–Trinajstić information content (AvgIpc) is 3.47. The molecule has 1 aromatic carbocycles. The summed E-state index contributed by atoms with van der Waals surface area (Å²) in [4.78, 5) is 16.4. The van der Waals surface area contributed by atoms with Crippen LogP contribution in [0.15, 0.2) is 60.7 Å². The van der Waals surface area contributed by atoms with E-state index < -0.39 is 0 Å². The third-order valence-corrected chi connectivity index (χ3v) is 5.07. The van der Waals surface area contributed by atoms with Gasteiger partial charge in [0.1, 0.15) is 0 Å². The second-order valence-electron chi connectivity index (χ2n) is 7.03. The van der Waals surface area contributed by atoms with Gasteiger partial charge in [-0.2, -0.15) is 0 Å². The fourth-order valence-corrected chi connectivity index (χ4v) is 3.78. The fourth-order valence-electron chi connectivity index (χ4n) is 3.78. The van der Waals surface area contributed by atoms with E-state index in [9.17, 15) is 0 Å². The molecule has 2 aliphatic heterocycles. The lowest BCUT2D eigenvalue weighted by atomic mass is 10.1. The summed E-state index contributed by atoms with van der Waals surface area (Å²) in [6, 6.07) is 20.8. The van der Waals surface area contributed by atoms with Gasteiger partial charge in [0, 0.05) is 32.8 Å². The lowest BCUT2D eigenvalue weighted by molar-refractivity contribution is 1.31. The lowest BCUT2D eigenvalue weighted by Gasteiger charge is -1.88. The molecular weight excluding hydrogens is 344 g/mol. The molecule has 0 fully saturated rings. The number of aromatic nitrogens is 4. The second-order valence-corrected chi connectivity index (χ2v) is 7.03. The van der Waals surface area contributed by atoms with Crippen LogP contribution in [-0.2, 0) is 0 Å². The first-order chi connectivity index (χ1) is 13.8. The Hall–Kier alpha value is -3.92. The summed E-state index contributed by atoms with van der Waals surface area (Å²) in [6.07, 6.45) is 8.17. The molecule has 0 radical (unpaired) electrons. The van der Waals surface area contributed by atoms with E-state index >= 15 is 0 Å². The highest BCUT2D eigenvalue weighted by Crippen LogP contribution is 2.26. The maximum atomic E-state index is 4.74. The molecule has 2 N–H and O–H groups in total. The normalized spacial score (nSPS) is 12.7. The smallest absolute Gasteiger partial charge is 0.0658 e. The molecule has 3 aromatic heterocycles. The monoisotopic (exact) mass is 360 g/mol. The molecule has 28 heavy (non-hydrogen) atoms. The van der Waals surface area contributed by atoms with Crippen molar-refractivity contribution in [2.45, 2.75) is 0 Å². The van der Waals surface area contributed by atoms with Gasteiger partial charge in [-0.25, -0.2) is 9.97 Å². The molecule has 5 heterocycles. The highest BCUT2D eigenvalue weighted by molar-refractivity contribution is 6.07. The van der Waals surface area contributed by atoms with Gasteiger partial charge < -0.3 is 9.97 Å². The standard InChI is InChI=1S/C24H16N4/c1-2-4-22-21(3-1)23-13-19-9-7-17(26-19)11-15-5-6-16(25-15)12-18-8-10-20(27-18)14-24(22)28-23/h1-14,25,28H. The molecule has 4 aromatic rings. The predicted octanol–water partition coefficient (Wildman–Crippen LogP) is 5.81. The van der Waals surface area contributed by atoms with Crippen molar-refractivity contribution in [3.8, 4) is 0 Å². The quantitative estimate of drug-likeness (QED) is 0.359. The van der Waals surface area contributed by atoms with Crippen LogP contribution in [0.1, 0.15) is 22.8 Å². The van der Waals surface area contributed by atoms with E-state index in [1.54, 1.807) is 0 Å². The Morgan fingerprint density at radius 3 is 1.46 bits per heavy atom. The molecule has 0 spiro atoms. The van der Waals surface area contributed by atoms with Crippen molar-refractivity contribution in [1.82, 2.24) is 19.9 Å². The Balaban J connectivity index is 1.77. The molecule has 0 aliphatic carbocycles. The van der Waals surface area contributed by atoms with Gasteiger partial charge in [-0.15, -0.1) is 0 Å². The highest BCUT2D eigenvalue weighted by Gasteiger charge is 2.05. The first-order valence-corrected chi connectivity index (χ1v) is 9.26. The molecule has 0 saturated carbocycles. The van der Waals surface area contributed by atoms with Crippen LogP contribution in [0, 0.1) is 0 Å². The third-order valence-electron chi connectivity index (χ3n) is 5.07. The maximum absolute atomic E-state index is 4.74. The maximum Gasteiger partial charge on any atom is 0.0658 e. The zero-order valence-corrected chi connectivity index (χ0v) is 15.0. The number of benzene rings is 1. The van der Waals surface area contributed by atoms with Gasteiger partial charge >= 0.3 is 0 Å². The van der Waals surface area contributed by atoms with Crippen LogP contribution in [0.3, 0.4) is 0 Å². The Bertz CT molecular complexity index is 1360. The molecule has 2 aliphatic rings. The van der Waals surface area contributed by atoms with Crippen LogP contribution in [0.2, 0.25) is 0 Å². The number of rotatable bonds is 0. The Morgan fingerprint density at radius 1 is 0.500 bits per heavy atom. The van der Waals surface area contributed by atoms with E-state index in [0.717, 1.165) is 44.8 Å². The Labute approximate surface area is 160 Å². The first-order valence-electron chi connectivity index (χ1n) is 9.26. The van der Waals surface area contributed by atoms with Crippen LogP contribution in [0.4, 0.5) is 0 Å². The number of hydrogen-bond donors (Lipinski definition) is 2. The number of nitrogens with one attached hydrogen (secondary N) is 2. The van der Waals surface area contributed by atoms with E-state index in [1.807, 2.05) is 24.3 Å². The van der Waals surface area contributed by atoms with Crippen molar-refractivity contribution < 1.29 is 0 Å². The number of H-pyrrole nitrogens is 2. The SMILES string of the molecule is C1=Cc2cc3[nH]c(cc4nc(cc5ccc(cc1n2)[nH]5)C=C4)c1ccccc31. The van der Waals surface area contributed by atoms with Gasteiger partial charge in [0.05, 0.1) is 22.8 Å². The van der Waals surface area contributed by atoms with E-state index in [2.05, 4.69) is 70.6 Å². The second kappa shape index (κ2) is 5.79. The Kier molecular flexibility index (Phi) is 3.14. The molecule has 4 heteroatoms. The number of fused-ring (bicyclic) bond motifs is 11. The zero-order chi connectivity index (χ0) is 18.5. The Morgan fingerprint density at radius 2 is 0.964 bits per heavy atom. The minimum atomic E-state index is 0.933. The minimum absolute atomic E-state index is 0.933. The molecule has 0 saturated heterocycles. The zero-order valence-electron chi connectivity index (χ0n) is 15.0. The van der Waals surface area contributed by atoms with Gasteiger partial charge in [-0.3, -0.25) is 0 Å². The molecule has 4 nitrogen and oxygen atoms in total. The molecular formula is C24H16N4. The van der Waals surface area contributed by atoms with Crippen molar-refractivity contribution in [1.29, 1.82) is 0 Å². The molecule has 132 valence electrons. The number of aromatic amines is 2. The summed E-state index contributed by atoms with van der Waals surface area (Å²) >= 11 is 0. The van der Waals surface area contributed by atoms with Crippen molar-refractivity contribution >= 4 is 57.1 Å². The molecule has 8 bridgehead atoms. The largest absolute Gasteiger partial charge is 0.355 e. The molecule has 0 atom stereocenters. The first kappa shape index (κ1) is 15.2. The summed E-state index contributed by atoms with van der Waals surface area (Å²) in [5, 5.41) is 2.36. The van der Waals surface area contributed by atoms with Gasteiger partial charge in [0.25, 0.3) is 0 Å². The number of nitrogens with zero attached hydrogens (tertiary/aromatic N) is 2. The van der Waals surface area contributed by atoms with Crippen LogP contribution < -0.4 is 0 Å². The van der Waals surface area contributed by atoms with Gasteiger partial charge in [-0.1, -0.05) is 24.3 Å². The van der Waals surface area contributed by atoms with Crippen LogP contribution >= 0.6 is 0 Å². The van der Waals surface area contributed by atoms with E-state index in [1.165, 1.54) is 10.8 Å². The van der Waals surface area contributed by atoms with Crippen LogP contribution in [-0.4, -0.2) is 19.9 Å². The van der Waals surface area contributed by atoms with E-state index in [-0.39, 0.29) is 0 Å². The van der Waals surface area contributed by atoms with Gasteiger partial charge in [0.15, 0.2) is 0 Å². The van der Waals surface area contributed by atoms with E-state index in [4.69, 9.17) is 9.97 Å². The summed E-state index contributed by atoms with van der Waals surface area (Å²) in [5.74, 6) is 0. The summed E-state index contributed by atoms with van der Waals surface area (Å²) < 4.78 is 0. The van der Waals surface area contributed by atoms with Crippen LogP contribution in [0.5, 0.6) is 0 Å². The van der Waals surface area contributed by atoms with E-state index in [0.29, 0.717) is 0 Å². The summed E-state index contributed by atoms with van der Waals surface area (Å²) in [6.45, 7) is 0. The van der Waals surface area contributed by atoms with Gasteiger partial charge in [0.2, 0.25) is 0 Å². The summed E-state index contributed by atoms with van der Waals surface area (Å²) in [7, 11) is 0. The fraction of sp³-hybridized carbons (Fsp3) is 0.